The molecule has 0 saturated heterocycles. The van der Waals surface area contributed by atoms with Crippen molar-refractivity contribution in [2.24, 2.45) is 25.0 Å². The van der Waals surface area contributed by atoms with E-state index >= 15 is 0 Å². The summed E-state index contributed by atoms with van der Waals surface area (Å²) in [6.45, 7) is 17.1. The van der Waals surface area contributed by atoms with Crippen molar-refractivity contribution in [1.29, 1.82) is 0 Å². The summed E-state index contributed by atoms with van der Waals surface area (Å²) in [4.78, 5) is 58.0. The second-order valence-electron chi connectivity index (χ2n) is 26.2. The average molecular weight is 1590 g/mol. The third kappa shape index (κ3) is 15.1. The van der Waals surface area contributed by atoms with Crippen LogP contribution in [0.4, 0.5) is 11.6 Å². The minimum Gasteiger partial charge on any atom is -0.416 e. The summed E-state index contributed by atoms with van der Waals surface area (Å²) >= 11 is 13.7. The molecule has 5 heterocycles. The van der Waals surface area contributed by atoms with Crippen LogP contribution in [0.2, 0.25) is 0 Å². The molecule has 0 saturated carbocycles. The Morgan fingerprint density at radius 2 is 0.524 bits per heavy atom. The van der Waals surface area contributed by atoms with Crippen molar-refractivity contribution in [3.8, 4) is 0 Å². The molecule has 1 unspecified atom stereocenters. The number of nitrogens with zero attached hydrogens (tertiary/aromatic N) is 7. The van der Waals surface area contributed by atoms with Crippen LogP contribution in [0.1, 0.15) is 72.9 Å². The predicted molar refractivity (Wildman–Crippen MR) is 438 cm³/mol. The zero-order chi connectivity index (χ0) is 70.7. The summed E-state index contributed by atoms with van der Waals surface area (Å²) in [6.07, 6.45) is -0.720. The third-order valence-corrected chi connectivity index (χ3v) is 26.8. The molecule has 3 aliphatic rings. The Bertz CT molecular complexity index is 5940. The van der Waals surface area contributed by atoms with E-state index in [0.717, 1.165) is 122 Å². The van der Waals surface area contributed by atoms with Crippen molar-refractivity contribution >= 4 is 145 Å². The number of aromatic nitrogens is 2. The van der Waals surface area contributed by atoms with E-state index in [1.54, 1.807) is 94.1 Å². The molecule has 1 N–H and O–H groups in total. The van der Waals surface area contributed by atoms with Crippen molar-refractivity contribution in [2.45, 2.75) is 140 Å². The van der Waals surface area contributed by atoms with Crippen LogP contribution in [0.3, 0.4) is 0 Å². The van der Waals surface area contributed by atoms with E-state index in [9.17, 15) is 0 Å². The summed E-state index contributed by atoms with van der Waals surface area (Å²) < 4.78 is 0. The fourth-order valence-electron chi connectivity index (χ4n) is 12.7. The Kier molecular flexibility index (Phi) is 20.5. The summed E-state index contributed by atoms with van der Waals surface area (Å²) in [5, 5.41) is 7.69. The van der Waals surface area contributed by atoms with Crippen molar-refractivity contribution in [2.75, 3.05) is 5.32 Å². The number of aryl methyl sites for hydroxylation is 8. The Hall–Kier alpha value is -8.45. The van der Waals surface area contributed by atoms with Gasteiger partial charge in [0.15, 0.2) is 0 Å². The smallest absolute Gasteiger partial charge is 0.416 e. The van der Waals surface area contributed by atoms with Crippen molar-refractivity contribution in [3.05, 3.63) is 320 Å². The molecule has 0 amide bonds. The van der Waals surface area contributed by atoms with Crippen LogP contribution < -0.4 is 26.3 Å². The summed E-state index contributed by atoms with van der Waals surface area (Å²) in [7, 11) is 0. The predicted octanol–water partition coefficient (Wildman–Crippen LogP) is 24.2. The van der Waals surface area contributed by atoms with Gasteiger partial charge in [-0.15, -0.1) is 0 Å². The van der Waals surface area contributed by atoms with Gasteiger partial charge >= 0.3 is 19.5 Å². The molecule has 14 aromatic rings. The maximum Gasteiger partial charge on any atom is 2.00 e. The van der Waals surface area contributed by atoms with Crippen LogP contribution >= 0.6 is 94.1 Å². The van der Waals surface area contributed by atoms with E-state index in [1.165, 1.54) is 44.5 Å². The quantitative estimate of drug-likeness (QED) is 0.0936. The topological polar surface area (TPSA) is 102 Å². The molecule has 0 radical (unpaired) electrons. The van der Waals surface area contributed by atoms with Crippen LogP contribution in [0.15, 0.2) is 346 Å². The van der Waals surface area contributed by atoms with Gasteiger partial charge in [-0.2, -0.15) is 0 Å². The van der Waals surface area contributed by atoms with Gasteiger partial charge < -0.3 is 30.3 Å². The number of amidine groups is 3. The first-order chi connectivity index (χ1) is 50.7. The maximum absolute atomic E-state index is 5.98. The fourth-order valence-corrected chi connectivity index (χ4v) is 20.4. The first kappa shape index (κ1) is 70.8. The number of hydrogen-bond donors (Lipinski definition) is 1. The van der Waals surface area contributed by atoms with Gasteiger partial charge in [-0.1, -0.05) is 236 Å². The van der Waals surface area contributed by atoms with Gasteiger partial charge in [-0.3, -0.25) is 4.99 Å². The van der Waals surface area contributed by atoms with Crippen molar-refractivity contribution in [3.63, 3.8) is 0 Å². The third-order valence-electron chi connectivity index (χ3n) is 18.2. The molecule has 8 bridgehead atoms. The van der Waals surface area contributed by atoms with Gasteiger partial charge in [0.1, 0.15) is 6.17 Å². The molecular weight excluding hydrogens is 1530 g/mol. The normalized spacial score (nSPS) is 14.0. The van der Waals surface area contributed by atoms with E-state index in [2.05, 4.69) is 303 Å². The van der Waals surface area contributed by atoms with Gasteiger partial charge in [0.2, 0.25) is 0 Å². The summed E-state index contributed by atoms with van der Waals surface area (Å²) in [5.41, 5.74) is 14.1. The molecule has 12 aromatic carbocycles. The molecule has 514 valence electrons. The van der Waals surface area contributed by atoms with Crippen LogP contribution in [0.5, 0.6) is 0 Å². The minimum atomic E-state index is -0.720. The first-order valence-electron chi connectivity index (χ1n) is 34.2. The van der Waals surface area contributed by atoms with E-state index in [4.69, 9.17) is 34.9 Å². The standard InChI is InChI=1S/C88H66N8S8.Ru/c1-49-9-25-57(26-10-49)97-65-41-42-66(98-58-27-11-50(2)12-28-58)74-73(65)81-89-82(74)94-84-77-69(101-61-33-17-53(5)18-34-61)45-46-70(102-62-35-19-54(6)20-36-62)78(77)86(91-84)96-88-80-72(104-64-39-23-56(8)24-40-64)48-47-71(103-63-37-21-55(7)22-38-63)79(80)87(92-88)95-85-76-68(100-60-31-15-52(4)16-32-60)44-43-67(75(76)83(90-85)93-81)99-59-29-13-51(3)14-30-59;/h9-48,81,93H,1-8H3;/q-2;+2. The summed E-state index contributed by atoms with van der Waals surface area (Å²) in [6, 6.07) is 88.0. The van der Waals surface area contributed by atoms with Gasteiger partial charge in [0.05, 0.1) is 17.5 Å². The molecule has 17 rings (SSSR count). The number of nitrogens with one attached hydrogen (secondary N) is 1. The molecule has 3 aliphatic heterocycles. The van der Waals surface area contributed by atoms with Crippen LogP contribution in [0, 0.1) is 55.4 Å². The monoisotopic (exact) mass is 1590 g/mol. The van der Waals surface area contributed by atoms with E-state index in [1.807, 2.05) is 0 Å². The number of fused-ring (bicyclic) bond motifs is 18. The molecule has 105 heavy (non-hydrogen) atoms. The molecule has 2 aromatic heterocycles. The Morgan fingerprint density at radius 3 is 0.876 bits per heavy atom. The van der Waals surface area contributed by atoms with Crippen molar-refractivity contribution in [1.82, 2.24) is 9.97 Å². The summed E-state index contributed by atoms with van der Waals surface area (Å²) in [5.74, 6) is 2.67. The number of rotatable bonds is 16. The fraction of sp³-hybridized carbons (Fsp3) is 0.102. The zero-order valence-corrected chi connectivity index (χ0v) is 66.7. The Labute approximate surface area is 658 Å². The van der Waals surface area contributed by atoms with Gasteiger partial charge in [0, 0.05) is 145 Å². The average Bonchev–Trinajstić information content (AvgIpc) is 1.58. The molecule has 17 heteroatoms. The van der Waals surface area contributed by atoms with E-state index in [-0.39, 0.29) is 19.5 Å². The number of benzene rings is 12. The van der Waals surface area contributed by atoms with Gasteiger partial charge in [-0.25, -0.2) is 4.99 Å². The number of aliphatic imine (C=N–C) groups is 3. The van der Waals surface area contributed by atoms with E-state index in [0.29, 0.717) is 40.1 Å². The number of hydrogen-bond acceptors (Lipinski definition) is 14. The van der Waals surface area contributed by atoms with Gasteiger partial charge in [0.25, 0.3) is 0 Å². The second kappa shape index (κ2) is 30.4. The van der Waals surface area contributed by atoms with E-state index < -0.39 is 6.17 Å². The largest absolute Gasteiger partial charge is 2.00 e. The molecular formula is C88H66N8RuS8. The Balaban J connectivity index is 0.00000847. The molecule has 0 aliphatic carbocycles. The second-order valence-corrected chi connectivity index (χ2v) is 35.2. The van der Waals surface area contributed by atoms with Gasteiger partial charge in [-0.05, 0) is 201 Å². The Morgan fingerprint density at radius 1 is 0.257 bits per heavy atom. The van der Waals surface area contributed by atoms with Crippen LogP contribution in [-0.2, 0) is 19.5 Å². The molecule has 1 atom stereocenters. The molecule has 0 spiro atoms. The molecule has 8 nitrogen and oxygen atoms in total. The van der Waals surface area contributed by atoms with Crippen LogP contribution in [0.25, 0.3) is 21.5 Å². The number of anilines is 1. The molecule has 0 fully saturated rings. The van der Waals surface area contributed by atoms with Crippen LogP contribution in [-0.4, -0.2) is 17.5 Å². The maximum atomic E-state index is 5.98. The zero-order valence-electron chi connectivity index (χ0n) is 58.4. The van der Waals surface area contributed by atoms with Crippen molar-refractivity contribution < 1.29 is 19.5 Å². The SMILES string of the molecule is Cc1ccc(Sc2ccc(Sc3ccc(C)cc3)c3c2C2=N/C3=N\c3[n-]c(c4c(Sc5ccc(C)cc5)ccc(Sc5ccc(C)cc5)c34)NC3N=C(N=c4[n-]c(c5c(Sc6ccc(C)cc6)ccc(Sc6ccc(C)cc6)c45)=N2)c2c(Sc4ccc(C)cc4)ccc(Sc4ccc(C)cc4)c23)cc1.[Ru+2]. The minimum absolute atomic E-state index is 0. The first-order valence-corrected chi connectivity index (χ1v) is 40.8.